The highest BCUT2D eigenvalue weighted by Crippen LogP contribution is 2.38. The van der Waals surface area contributed by atoms with Crippen molar-refractivity contribution in [3.05, 3.63) is 82.6 Å². The Labute approximate surface area is 210 Å². The lowest BCUT2D eigenvalue weighted by molar-refractivity contribution is 0.0942. The van der Waals surface area contributed by atoms with E-state index in [0.29, 0.717) is 17.3 Å². The standard InChI is InChI=1S/C29H32N4OS/c1-29(2,3)23-7-8-24-21(15-23)14-22-16-26(35-28(22)33-24)27(34)32-25(17-30)20-6-4-5-19(13-20)18-9-11-31-12-10-18/h4-6,9-14,16,23,25H,7-8,15,17,30H2,1-3H3,(H,32,34)/t23?,25-/m1/s1. The Kier molecular flexibility index (Phi) is 6.43. The summed E-state index contributed by atoms with van der Waals surface area (Å²) in [6, 6.07) is 16.0. The van der Waals surface area contributed by atoms with Crippen LogP contribution < -0.4 is 11.1 Å². The molecule has 4 aromatic rings. The number of nitrogens with zero attached hydrogens (tertiary/aromatic N) is 2. The van der Waals surface area contributed by atoms with Gasteiger partial charge in [0.25, 0.3) is 5.91 Å². The summed E-state index contributed by atoms with van der Waals surface area (Å²) in [6.07, 6.45) is 6.80. The molecule has 5 rings (SSSR count). The molecular weight excluding hydrogens is 452 g/mol. The molecule has 6 heteroatoms. The first-order valence-electron chi connectivity index (χ1n) is 12.3. The van der Waals surface area contributed by atoms with Crippen LogP contribution in [0, 0.1) is 11.3 Å². The van der Waals surface area contributed by atoms with Gasteiger partial charge < -0.3 is 11.1 Å². The van der Waals surface area contributed by atoms with Gasteiger partial charge in [0.15, 0.2) is 0 Å². The lowest BCUT2D eigenvalue weighted by Crippen LogP contribution is -2.33. The van der Waals surface area contributed by atoms with Crippen molar-refractivity contribution in [1.29, 1.82) is 0 Å². The molecule has 1 aliphatic carbocycles. The van der Waals surface area contributed by atoms with Gasteiger partial charge in [0.1, 0.15) is 4.83 Å². The number of nitrogens with one attached hydrogen (secondary N) is 1. The van der Waals surface area contributed by atoms with E-state index in [1.807, 2.05) is 30.3 Å². The van der Waals surface area contributed by atoms with Crippen molar-refractivity contribution in [2.45, 2.75) is 46.1 Å². The average Bonchev–Trinajstić information content (AvgIpc) is 3.28. The molecule has 3 heterocycles. The summed E-state index contributed by atoms with van der Waals surface area (Å²) in [7, 11) is 0. The number of hydrogen-bond donors (Lipinski definition) is 2. The predicted octanol–water partition coefficient (Wildman–Crippen LogP) is 5.94. The molecule has 180 valence electrons. The molecular formula is C29H32N4OS. The third-order valence-electron chi connectivity index (χ3n) is 7.17. The Morgan fingerprint density at radius 1 is 1.14 bits per heavy atom. The zero-order valence-electron chi connectivity index (χ0n) is 20.5. The summed E-state index contributed by atoms with van der Waals surface area (Å²) in [4.78, 5) is 23.9. The molecule has 1 aliphatic rings. The number of hydrogen-bond acceptors (Lipinski definition) is 5. The molecule has 0 fully saturated rings. The second-order valence-electron chi connectivity index (χ2n) is 10.5. The Bertz CT molecular complexity index is 1360. The van der Waals surface area contributed by atoms with Crippen LogP contribution in [0.3, 0.4) is 0 Å². The molecule has 3 aromatic heterocycles. The maximum absolute atomic E-state index is 13.2. The van der Waals surface area contributed by atoms with Gasteiger partial charge >= 0.3 is 0 Å². The van der Waals surface area contributed by atoms with E-state index >= 15 is 0 Å². The normalized spacial score (nSPS) is 16.6. The second-order valence-corrected chi connectivity index (χ2v) is 11.6. The molecule has 3 N–H and O–H groups in total. The number of aromatic nitrogens is 2. The van der Waals surface area contributed by atoms with Crippen LogP contribution in [0.1, 0.15) is 59.7 Å². The largest absolute Gasteiger partial charge is 0.343 e. The Morgan fingerprint density at radius 2 is 1.94 bits per heavy atom. The van der Waals surface area contributed by atoms with E-state index in [1.54, 1.807) is 12.4 Å². The summed E-state index contributed by atoms with van der Waals surface area (Å²) in [6.45, 7) is 7.28. The summed E-state index contributed by atoms with van der Waals surface area (Å²) in [5.74, 6) is 0.548. The second kappa shape index (κ2) is 9.51. The van der Waals surface area contributed by atoms with Gasteiger partial charge in [-0.05, 0) is 83.2 Å². The van der Waals surface area contributed by atoms with Crippen LogP contribution in [-0.4, -0.2) is 22.4 Å². The van der Waals surface area contributed by atoms with E-state index in [9.17, 15) is 4.79 Å². The van der Waals surface area contributed by atoms with Crippen LogP contribution in [0.5, 0.6) is 0 Å². The molecule has 0 saturated carbocycles. The van der Waals surface area contributed by atoms with Gasteiger partial charge in [-0.1, -0.05) is 39.0 Å². The molecule has 1 unspecified atom stereocenters. The number of pyridine rings is 2. The highest BCUT2D eigenvalue weighted by atomic mass is 32.1. The topological polar surface area (TPSA) is 80.9 Å². The third-order valence-corrected chi connectivity index (χ3v) is 8.21. The van der Waals surface area contributed by atoms with Crippen LogP contribution in [0.15, 0.2) is 60.9 Å². The van der Waals surface area contributed by atoms with Gasteiger partial charge in [0, 0.05) is 30.0 Å². The quantitative estimate of drug-likeness (QED) is 0.367. The monoisotopic (exact) mass is 484 g/mol. The van der Waals surface area contributed by atoms with Gasteiger partial charge in [-0.2, -0.15) is 0 Å². The summed E-state index contributed by atoms with van der Waals surface area (Å²) < 4.78 is 0. The molecule has 0 spiro atoms. The zero-order chi connectivity index (χ0) is 24.6. The third kappa shape index (κ3) is 5.00. The SMILES string of the molecule is CC(C)(C)C1CCc2nc3sc(C(=O)N[C@H](CN)c4cccc(-c5ccncc5)c4)cc3cc2C1. The Morgan fingerprint density at radius 3 is 2.69 bits per heavy atom. The minimum absolute atomic E-state index is 0.108. The lowest BCUT2D eigenvalue weighted by atomic mass is 9.71. The summed E-state index contributed by atoms with van der Waals surface area (Å²) >= 11 is 1.46. The van der Waals surface area contributed by atoms with Crippen molar-refractivity contribution in [3.63, 3.8) is 0 Å². The fourth-order valence-electron chi connectivity index (χ4n) is 4.96. The number of nitrogens with two attached hydrogens (primary N) is 1. The van der Waals surface area contributed by atoms with Crippen molar-refractivity contribution in [3.8, 4) is 11.1 Å². The van der Waals surface area contributed by atoms with E-state index in [4.69, 9.17) is 10.7 Å². The summed E-state index contributed by atoms with van der Waals surface area (Å²) in [5.41, 5.74) is 12.0. The number of thiophene rings is 1. The van der Waals surface area contributed by atoms with Crippen molar-refractivity contribution in [2.75, 3.05) is 6.54 Å². The fourth-order valence-corrected chi connectivity index (χ4v) is 5.90. The van der Waals surface area contributed by atoms with Crippen LogP contribution in [0.25, 0.3) is 21.3 Å². The van der Waals surface area contributed by atoms with E-state index in [1.165, 1.54) is 29.0 Å². The molecule has 0 radical (unpaired) electrons. The Hall–Kier alpha value is -3.09. The molecule has 0 bridgehead atoms. The van der Waals surface area contributed by atoms with Gasteiger partial charge in [-0.25, -0.2) is 4.98 Å². The van der Waals surface area contributed by atoms with Gasteiger partial charge in [-0.3, -0.25) is 9.78 Å². The lowest BCUT2D eigenvalue weighted by Gasteiger charge is -2.34. The summed E-state index contributed by atoms with van der Waals surface area (Å²) in [5, 5.41) is 4.19. The average molecular weight is 485 g/mol. The van der Waals surface area contributed by atoms with E-state index < -0.39 is 0 Å². The molecule has 5 nitrogen and oxygen atoms in total. The first-order valence-corrected chi connectivity index (χ1v) is 13.1. The van der Waals surface area contributed by atoms with Crippen LogP contribution >= 0.6 is 11.3 Å². The number of fused-ring (bicyclic) bond motifs is 2. The molecule has 2 atom stereocenters. The van der Waals surface area contributed by atoms with Gasteiger partial charge in [0.05, 0.1) is 10.9 Å². The number of rotatable bonds is 5. The number of amides is 1. The molecule has 0 saturated heterocycles. The van der Waals surface area contributed by atoms with Gasteiger partial charge in [-0.15, -0.1) is 11.3 Å². The van der Waals surface area contributed by atoms with Crippen molar-refractivity contribution >= 4 is 27.5 Å². The maximum atomic E-state index is 13.2. The predicted molar refractivity (Wildman–Crippen MR) is 144 cm³/mol. The maximum Gasteiger partial charge on any atom is 0.261 e. The number of carbonyl (C=O) groups is 1. The van der Waals surface area contributed by atoms with E-state index in [2.05, 4.69) is 49.3 Å². The van der Waals surface area contributed by atoms with Crippen LogP contribution in [0.2, 0.25) is 0 Å². The first kappa shape index (κ1) is 23.6. The molecule has 1 amide bonds. The van der Waals surface area contributed by atoms with Crippen molar-refractivity contribution in [2.24, 2.45) is 17.1 Å². The number of aryl methyl sites for hydroxylation is 1. The van der Waals surface area contributed by atoms with Crippen molar-refractivity contribution in [1.82, 2.24) is 15.3 Å². The first-order chi connectivity index (χ1) is 16.8. The van der Waals surface area contributed by atoms with Crippen LogP contribution in [-0.2, 0) is 12.8 Å². The highest BCUT2D eigenvalue weighted by Gasteiger charge is 2.29. The van der Waals surface area contributed by atoms with Gasteiger partial charge in [0.2, 0.25) is 0 Å². The highest BCUT2D eigenvalue weighted by molar-refractivity contribution is 7.20. The Balaban J connectivity index is 1.36. The smallest absolute Gasteiger partial charge is 0.261 e. The number of carbonyl (C=O) groups excluding carboxylic acids is 1. The molecule has 0 aliphatic heterocycles. The minimum Gasteiger partial charge on any atom is -0.343 e. The number of benzene rings is 1. The molecule has 1 aromatic carbocycles. The molecule has 35 heavy (non-hydrogen) atoms. The van der Waals surface area contributed by atoms with E-state index in [0.717, 1.165) is 39.7 Å². The fraction of sp³-hybridized carbons (Fsp3) is 0.345. The van der Waals surface area contributed by atoms with Crippen molar-refractivity contribution < 1.29 is 4.79 Å². The van der Waals surface area contributed by atoms with E-state index in [-0.39, 0.29) is 17.4 Å². The zero-order valence-corrected chi connectivity index (χ0v) is 21.4. The minimum atomic E-state index is -0.275. The van der Waals surface area contributed by atoms with Crippen LogP contribution in [0.4, 0.5) is 0 Å².